The van der Waals surface area contributed by atoms with Gasteiger partial charge in [0.25, 0.3) is 0 Å². The number of rotatable bonds is 3. The highest BCUT2D eigenvalue weighted by molar-refractivity contribution is 6.13. The molecule has 0 bridgehead atoms. The zero-order valence-corrected chi connectivity index (χ0v) is 7.91. The number of hydrogen-bond acceptors (Lipinski definition) is 3. The highest BCUT2D eigenvalue weighted by Crippen LogP contribution is 2.31. The Balaban J connectivity index is 1.95. The molecule has 0 aromatic carbocycles. The van der Waals surface area contributed by atoms with E-state index in [9.17, 15) is 0 Å². The van der Waals surface area contributed by atoms with E-state index >= 15 is 0 Å². The van der Waals surface area contributed by atoms with Crippen LogP contribution in [0.15, 0.2) is 12.4 Å². The van der Waals surface area contributed by atoms with Crippen LogP contribution in [0.2, 0.25) is 0 Å². The number of aromatic nitrogens is 2. The van der Waals surface area contributed by atoms with Crippen molar-refractivity contribution in [1.82, 2.24) is 14.6 Å². The van der Waals surface area contributed by atoms with Gasteiger partial charge in [-0.05, 0) is 24.6 Å². The zero-order valence-electron chi connectivity index (χ0n) is 7.15. The maximum absolute atomic E-state index is 8.83. The Hall–Kier alpha value is -0.580. The van der Waals surface area contributed by atoms with Gasteiger partial charge in [-0.3, -0.25) is 4.68 Å². The van der Waals surface area contributed by atoms with Crippen LogP contribution in [0.1, 0.15) is 24.4 Å². The Morgan fingerprint density at radius 1 is 1.69 bits per heavy atom. The average molecular weight is 202 g/mol. The Kier molecular flexibility index (Phi) is 2.53. The first-order chi connectivity index (χ1) is 6.33. The molecule has 4 nitrogen and oxygen atoms in total. The van der Waals surface area contributed by atoms with E-state index in [0.29, 0.717) is 12.1 Å². The Morgan fingerprint density at radius 3 is 3.00 bits per heavy atom. The van der Waals surface area contributed by atoms with Gasteiger partial charge in [-0.1, -0.05) is 0 Å². The predicted molar refractivity (Wildman–Crippen MR) is 49.2 cm³/mol. The van der Waals surface area contributed by atoms with Crippen molar-refractivity contribution in [3.63, 3.8) is 0 Å². The van der Waals surface area contributed by atoms with Gasteiger partial charge in [0.2, 0.25) is 0 Å². The second-order valence-corrected chi connectivity index (χ2v) is 3.64. The van der Waals surface area contributed by atoms with Gasteiger partial charge in [0.05, 0.1) is 18.8 Å². The van der Waals surface area contributed by atoms with Gasteiger partial charge in [0.1, 0.15) is 0 Å². The second kappa shape index (κ2) is 3.65. The summed E-state index contributed by atoms with van der Waals surface area (Å²) in [4.78, 5) is 2.70. The third-order valence-corrected chi connectivity index (χ3v) is 2.79. The number of aliphatic hydroxyl groups is 1. The molecule has 0 aliphatic heterocycles. The molecule has 0 amide bonds. The molecule has 2 N–H and O–H groups in total. The lowest BCUT2D eigenvalue weighted by Crippen LogP contribution is -2.38. The Bertz CT molecular complexity index is 283. The smallest absolute Gasteiger partial charge is 0.0712 e. The minimum absolute atomic E-state index is 0.0594. The summed E-state index contributed by atoms with van der Waals surface area (Å²) in [6, 6.07) is 0.852. The van der Waals surface area contributed by atoms with E-state index in [1.807, 2.05) is 10.9 Å². The van der Waals surface area contributed by atoms with Gasteiger partial charge < -0.3 is 5.11 Å². The lowest BCUT2D eigenvalue weighted by atomic mass is 9.88. The summed E-state index contributed by atoms with van der Waals surface area (Å²) >= 11 is 5.47. The van der Waals surface area contributed by atoms with E-state index in [0.717, 1.165) is 18.4 Å². The van der Waals surface area contributed by atoms with Crippen LogP contribution in [-0.4, -0.2) is 20.9 Å². The Morgan fingerprint density at radius 2 is 2.46 bits per heavy atom. The largest absolute Gasteiger partial charge is 0.392 e. The van der Waals surface area contributed by atoms with Gasteiger partial charge >= 0.3 is 0 Å². The number of aliphatic hydroxyl groups excluding tert-OH is 1. The fourth-order valence-corrected chi connectivity index (χ4v) is 1.73. The molecule has 0 radical (unpaired) electrons. The molecule has 1 aromatic rings. The van der Waals surface area contributed by atoms with Crippen molar-refractivity contribution in [2.45, 2.75) is 31.5 Å². The molecule has 1 heterocycles. The first kappa shape index (κ1) is 8.99. The van der Waals surface area contributed by atoms with Gasteiger partial charge in [-0.15, -0.1) is 0 Å². The molecule has 0 unspecified atom stereocenters. The second-order valence-electron chi connectivity index (χ2n) is 3.42. The van der Waals surface area contributed by atoms with E-state index in [1.165, 1.54) is 0 Å². The fraction of sp³-hybridized carbons (Fsp3) is 0.625. The first-order valence-corrected chi connectivity index (χ1v) is 4.71. The topological polar surface area (TPSA) is 50.1 Å². The van der Waals surface area contributed by atoms with Crippen LogP contribution in [0.25, 0.3) is 0 Å². The lowest BCUT2D eigenvalue weighted by Gasteiger charge is -2.33. The maximum atomic E-state index is 8.83. The van der Waals surface area contributed by atoms with Gasteiger partial charge in [0.15, 0.2) is 0 Å². The van der Waals surface area contributed by atoms with Crippen molar-refractivity contribution in [3.8, 4) is 0 Å². The van der Waals surface area contributed by atoms with Crippen molar-refractivity contribution in [1.29, 1.82) is 0 Å². The molecule has 72 valence electrons. The van der Waals surface area contributed by atoms with Crippen molar-refractivity contribution >= 4 is 11.8 Å². The van der Waals surface area contributed by atoms with Crippen LogP contribution >= 0.6 is 11.8 Å². The van der Waals surface area contributed by atoms with Crippen LogP contribution < -0.4 is 4.84 Å². The van der Waals surface area contributed by atoms with Crippen LogP contribution in [0.4, 0.5) is 0 Å². The van der Waals surface area contributed by atoms with E-state index in [4.69, 9.17) is 16.9 Å². The van der Waals surface area contributed by atoms with Crippen molar-refractivity contribution in [2.75, 3.05) is 0 Å². The third kappa shape index (κ3) is 1.70. The number of halogens is 1. The summed E-state index contributed by atoms with van der Waals surface area (Å²) in [6.07, 6.45) is 5.60. The predicted octanol–water partition coefficient (Wildman–Crippen LogP) is 0.822. The maximum Gasteiger partial charge on any atom is 0.0712 e. The van der Waals surface area contributed by atoms with Crippen LogP contribution in [-0.2, 0) is 6.61 Å². The molecule has 13 heavy (non-hydrogen) atoms. The van der Waals surface area contributed by atoms with Crippen molar-refractivity contribution in [3.05, 3.63) is 18.0 Å². The summed E-state index contributed by atoms with van der Waals surface area (Å²) in [6.45, 7) is 0.0594. The van der Waals surface area contributed by atoms with Gasteiger partial charge in [-0.25, -0.2) is 4.84 Å². The highest BCUT2D eigenvalue weighted by atomic mass is 35.5. The van der Waals surface area contributed by atoms with Crippen LogP contribution in [0.5, 0.6) is 0 Å². The van der Waals surface area contributed by atoms with Crippen LogP contribution in [0.3, 0.4) is 0 Å². The normalized spacial score (nSPS) is 27.2. The third-order valence-electron chi connectivity index (χ3n) is 2.48. The standard InChI is InChI=1S/C8H12ClN3O/c9-11-7-1-8(2-7)12-4-6(5-13)3-10-12/h3-4,7-8,11,13H,1-2,5H2/t7-,8+. The average Bonchev–Trinajstić information content (AvgIpc) is 2.51. The molecule has 5 heteroatoms. The summed E-state index contributed by atoms with van der Waals surface area (Å²) in [5, 5.41) is 13.0. The molecule has 0 saturated heterocycles. The number of nitrogens with zero attached hydrogens (tertiary/aromatic N) is 2. The summed E-state index contributed by atoms with van der Waals surface area (Å²) < 4.78 is 1.90. The molecular formula is C8H12ClN3O. The number of hydrogen-bond donors (Lipinski definition) is 2. The fourth-order valence-electron chi connectivity index (χ4n) is 1.55. The Labute approximate surface area is 81.6 Å². The minimum Gasteiger partial charge on any atom is -0.392 e. The van der Waals surface area contributed by atoms with Crippen molar-refractivity contribution in [2.24, 2.45) is 0 Å². The van der Waals surface area contributed by atoms with E-state index in [2.05, 4.69) is 9.93 Å². The molecule has 1 aromatic heterocycles. The lowest BCUT2D eigenvalue weighted by molar-refractivity contribution is 0.233. The van der Waals surface area contributed by atoms with E-state index in [-0.39, 0.29) is 6.61 Å². The molecule has 1 aliphatic rings. The van der Waals surface area contributed by atoms with Crippen LogP contribution in [0, 0.1) is 0 Å². The summed E-state index contributed by atoms with van der Waals surface area (Å²) in [5.41, 5.74) is 0.863. The molecule has 1 aliphatic carbocycles. The molecule has 0 atom stereocenters. The van der Waals surface area contributed by atoms with Gasteiger partial charge in [0, 0.05) is 17.8 Å². The molecule has 0 spiro atoms. The molecule has 1 fully saturated rings. The monoisotopic (exact) mass is 201 g/mol. The zero-order chi connectivity index (χ0) is 9.26. The quantitative estimate of drug-likeness (QED) is 0.713. The van der Waals surface area contributed by atoms with E-state index < -0.39 is 0 Å². The highest BCUT2D eigenvalue weighted by Gasteiger charge is 2.30. The summed E-state index contributed by atoms with van der Waals surface area (Å²) in [5.74, 6) is 0. The van der Waals surface area contributed by atoms with Gasteiger partial charge in [-0.2, -0.15) is 5.10 Å². The summed E-state index contributed by atoms with van der Waals surface area (Å²) in [7, 11) is 0. The first-order valence-electron chi connectivity index (χ1n) is 4.33. The molecule has 2 rings (SSSR count). The molecule has 1 saturated carbocycles. The van der Waals surface area contributed by atoms with Crippen molar-refractivity contribution < 1.29 is 5.11 Å². The van der Waals surface area contributed by atoms with E-state index in [1.54, 1.807) is 6.20 Å². The SMILES string of the molecule is OCc1cnn([C@H]2C[C@@H](NCl)C2)c1. The number of nitrogens with one attached hydrogen (secondary N) is 1. The minimum atomic E-state index is 0.0594. The molecular weight excluding hydrogens is 190 g/mol.